The Morgan fingerprint density at radius 1 is 1.06 bits per heavy atom. The molecular weight excluding hydrogens is 444 g/mol. The number of amides is 1. The number of ether oxygens (including phenoxy) is 2. The van der Waals surface area contributed by atoms with Crippen LogP contribution in [-0.2, 0) is 9.59 Å². The predicted molar refractivity (Wildman–Crippen MR) is 122 cm³/mol. The minimum Gasteiger partial charge on any atom is -0.507 e. The van der Waals surface area contributed by atoms with Crippen LogP contribution in [0, 0.1) is 6.92 Å². The van der Waals surface area contributed by atoms with Crippen molar-refractivity contribution in [1.29, 1.82) is 0 Å². The third-order valence-corrected chi connectivity index (χ3v) is 5.84. The summed E-state index contributed by atoms with van der Waals surface area (Å²) < 4.78 is 11.4. The van der Waals surface area contributed by atoms with Crippen molar-refractivity contribution < 1.29 is 24.2 Å². The number of aryl methyl sites for hydroxylation is 1. The van der Waals surface area contributed by atoms with Crippen molar-refractivity contribution in [2.75, 3.05) is 18.1 Å². The summed E-state index contributed by atoms with van der Waals surface area (Å²) in [6.07, 6.45) is 3.00. The summed E-state index contributed by atoms with van der Waals surface area (Å²) in [5, 5.41) is 20.1. The van der Waals surface area contributed by atoms with Crippen LogP contribution in [0.3, 0.4) is 0 Å². The van der Waals surface area contributed by atoms with Crippen LogP contribution in [0.25, 0.3) is 5.76 Å². The van der Waals surface area contributed by atoms with Crippen molar-refractivity contribution in [1.82, 2.24) is 15.2 Å². The second-order valence-electron chi connectivity index (χ2n) is 7.08. The van der Waals surface area contributed by atoms with Gasteiger partial charge in [-0.15, -0.1) is 10.2 Å². The van der Waals surface area contributed by atoms with E-state index in [1.54, 1.807) is 37.3 Å². The van der Waals surface area contributed by atoms with Gasteiger partial charge in [0.05, 0.1) is 24.8 Å². The van der Waals surface area contributed by atoms with Crippen LogP contribution in [0.15, 0.2) is 48.3 Å². The van der Waals surface area contributed by atoms with Gasteiger partial charge in [0.1, 0.15) is 10.8 Å². The second kappa shape index (κ2) is 9.37. The van der Waals surface area contributed by atoms with Gasteiger partial charge in [-0.2, -0.15) is 0 Å². The van der Waals surface area contributed by atoms with Gasteiger partial charge >= 0.3 is 5.91 Å². The number of anilines is 1. The maximum absolute atomic E-state index is 13.2. The molecule has 1 aromatic carbocycles. The minimum absolute atomic E-state index is 0.0503. The first kappa shape index (κ1) is 22.4. The van der Waals surface area contributed by atoms with Gasteiger partial charge in [-0.05, 0) is 50.6 Å². The van der Waals surface area contributed by atoms with Gasteiger partial charge in [0.25, 0.3) is 5.78 Å². The zero-order chi connectivity index (χ0) is 23.5. The largest absolute Gasteiger partial charge is 0.507 e. The number of hydrogen-bond donors (Lipinski definition) is 1. The van der Waals surface area contributed by atoms with E-state index >= 15 is 0 Å². The molecule has 3 heterocycles. The first-order chi connectivity index (χ1) is 16.0. The molecule has 9 nitrogen and oxygen atoms in total. The minimum atomic E-state index is -0.930. The van der Waals surface area contributed by atoms with E-state index in [-0.39, 0.29) is 16.5 Å². The lowest BCUT2D eigenvalue weighted by molar-refractivity contribution is -0.132. The molecule has 1 atom stereocenters. The lowest BCUT2D eigenvalue weighted by Crippen LogP contribution is -2.29. The highest BCUT2D eigenvalue weighted by molar-refractivity contribution is 7.15. The van der Waals surface area contributed by atoms with E-state index in [9.17, 15) is 14.7 Å². The normalized spacial score (nSPS) is 17.4. The Labute approximate surface area is 194 Å². The monoisotopic (exact) mass is 466 g/mol. The van der Waals surface area contributed by atoms with Crippen LogP contribution in [0.4, 0.5) is 5.13 Å². The molecule has 1 N–H and O–H groups in total. The summed E-state index contributed by atoms with van der Waals surface area (Å²) in [5.74, 6) is -0.885. The number of carbonyl (C=O) groups is 2. The zero-order valence-corrected chi connectivity index (χ0v) is 19.1. The number of aromatic nitrogens is 3. The average Bonchev–Trinajstić information content (AvgIpc) is 3.36. The predicted octanol–water partition coefficient (Wildman–Crippen LogP) is 3.67. The fourth-order valence-corrected chi connectivity index (χ4v) is 4.35. The quantitative estimate of drug-likeness (QED) is 0.319. The fourth-order valence-electron chi connectivity index (χ4n) is 3.63. The van der Waals surface area contributed by atoms with Gasteiger partial charge in [0, 0.05) is 18.0 Å². The topological polar surface area (TPSA) is 115 Å². The van der Waals surface area contributed by atoms with E-state index in [2.05, 4.69) is 15.2 Å². The number of aliphatic hydroxyl groups excluding tert-OH is 1. The number of pyridine rings is 1. The molecule has 1 aliphatic rings. The first-order valence-electron chi connectivity index (χ1n) is 10.4. The number of aliphatic hydroxyl groups is 1. The molecule has 1 fully saturated rings. The Hall–Kier alpha value is -3.79. The summed E-state index contributed by atoms with van der Waals surface area (Å²) in [6.45, 7) is 6.32. The van der Waals surface area contributed by atoms with Crippen LogP contribution >= 0.6 is 11.3 Å². The van der Waals surface area contributed by atoms with Crippen LogP contribution in [0.1, 0.15) is 36.0 Å². The summed E-state index contributed by atoms with van der Waals surface area (Å²) in [7, 11) is 0. The van der Waals surface area contributed by atoms with Crippen LogP contribution in [0.5, 0.6) is 11.5 Å². The van der Waals surface area contributed by atoms with E-state index in [0.29, 0.717) is 40.8 Å². The molecule has 0 aliphatic carbocycles. The molecule has 1 aliphatic heterocycles. The molecule has 10 heteroatoms. The van der Waals surface area contributed by atoms with Gasteiger partial charge in [-0.25, -0.2) is 0 Å². The molecule has 4 rings (SSSR count). The summed E-state index contributed by atoms with van der Waals surface area (Å²) in [6, 6.07) is 7.38. The van der Waals surface area contributed by atoms with E-state index in [1.165, 1.54) is 28.6 Å². The molecule has 1 unspecified atom stereocenters. The molecule has 0 spiro atoms. The summed E-state index contributed by atoms with van der Waals surface area (Å²) in [5.41, 5.74) is 0.882. The highest BCUT2D eigenvalue weighted by Gasteiger charge is 2.48. The highest BCUT2D eigenvalue weighted by Crippen LogP contribution is 2.44. The fraction of sp³-hybridized carbons (Fsp3) is 0.261. The zero-order valence-electron chi connectivity index (χ0n) is 18.3. The smallest absolute Gasteiger partial charge is 0.301 e. The Kier molecular flexibility index (Phi) is 6.36. The second-order valence-corrected chi connectivity index (χ2v) is 8.24. The molecular formula is C23H22N4O5S. The number of carbonyl (C=O) groups excluding carboxylic acids is 2. The van der Waals surface area contributed by atoms with Crippen LogP contribution in [0.2, 0.25) is 0 Å². The van der Waals surface area contributed by atoms with Gasteiger partial charge in [-0.3, -0.25) is 19.5 Å². The number of hydrogen-bond acceptors (Lipinski definition) is 9. The highest BCUT2D eigenvalue weighted by atomic mass is 32.1. The number of rotatable bonds is 7. The maximum atomic E-state index is 13.2. The molecule has 1 saturated heterocycles. The Morgan fingerprint density at radius 2 is 1.76 bits per heavy atom. The SMILES string of the molecule is CCOc1ccc(C2C(=C(O)c3ccncc3)C(=O)C(=O)N2c2nnc(C)s2)cc1OCC. The number of nitrogens with zero attached hydrogens (tertiary/aromatic N) is 4. The molecule has 1 amide bonds. The van der Waals surface area contributed by atoms with E-state index in [0.717, 1.165) is 0 Å². The van der Waals surface area contributed by atoms with Crippen LogP contribution < -0.4 is 14.4 Å². The molecule has 0 saturated carbocycles. The summed E-state index contributed by atoms with van der Waals surface area (Å²) in [4.78, 5) is 31.5. The summed E-state index contributed by atoms with van der Waals surface area (Å²) >= 11 is 1.18. The van der Waals surface area contributed by atoms with Gasteiger partial charge in [-0.1, -0.05) is 17.4 Å². The standard InChI is InChI=1S/C23H22N4O5S/c1-4-31-16-7-6-15(12-17(16)32-5-2)19-18(20(28)14-8-10-24-11-9-14)21(29)22(30)27(19)23-26-25-13(3)33-23/h6-12,19,28H,4-5H2,1-3H3. The lowest BCUT2D eigenvalue weighted by atomic mass is 9.95. The molecule has 0 radical (unpaired) electrons. The van der Waals surface area contributed by atoms with Crippen molar-refractivity contribution >= 4 is 33.9 Å². The Balaban J connectivity index is 1.93. The van der Waals surface area contributed by atoms with Crippen LogP contribution in [-0.4, -0.2) is 45.2 Å². The molecule has 2 aromatic heterocycles. The van der Waals surface area contributed by atoms with E-state index in [1.807, 2.05) is 13.8 Å². The Bertz CT molecular complexity index is 1220. The number of Topliss-reactive ketones (excluding diaryl/α,β-unsaturated/α-hetero) is 1. The third-order valence-electron chi connectivity index (χ3n) is 5.00. The van der Waals surface area contributed by atoms with E-state index < -0.39 is 17.7 Å². The molecule has 33 heavy (non-hydrogen) atoms. The molecule has 0 bridgehead atoms. The average molecular weight is 467 g/mol. The Morgan fingerprint density at radius 3 is 2.39 bits per heavy atom. The van der Waals surface area contributed by atoms with Gasteiger partial charge < -0.3 is 14.6 Å². The van der Waals surface area contributed by atoms with Crippen molar-refractivity contribution in [2.45, 2.75) is 26.8 Å². The van der Waals surface area contributed by atoms with Gasteiger partial charge in [0.2, 0.25) is 5.13 Å². The molecule has 3 aromatic rings. The van der Waals surface area contributed by atoms with Crippen molar-refractivity contribution in [3.8, 4) is 11.5 Å². The van der Waals surface area contributed by atoms with Crippen molar-refractivity contribution in [3.05, 3.63) is 64.4 Å². The van der Waals surface area contributed by atoms with E-state index in [4.69, 9.17) is 9.47 Å². The first-order valence-corrected chi connectivity index (χ1v) is 11.2. The third kappa shape index (κ3) is 4.17. The maximum Gasteiger partial charge on any atom is 0.301 e. The van der Waals surface area contributed by atoms with Crippen molar-refractivity contribution in [2.24, 2.45) is 0 Å². The lowest BCUT2D eigenvalue weighted by Gasteiger charge is -2.23. The van der Waals surface area contributed by atoms with Gasteiger partial charge in [0.15, 0.2) is 11.5 Å². The van der Waals surface area contributed by atoms with Crippen molar-refractivity contribution in [3.63, 3.8) is 0 Å². The molecule has 170 valence electrons. The number of ketones is 1. The number of benzene rings is 1.